The third-order valence-corrected chi connectivity index (χ3v) is 11.2. The van der Waals surface area contributed by atoms with E-state index in [4.69, 9.17) is 36.3 Å². The number of ether oxygens (including phenoxy) is 4. The van der Waals surface area contributed by atoms with Crippen molar-refractivity contribution in [3.63, 3.8) is 0 Å². The molecule has 10 N–H and O–H groups in total. The molecular formula is C43H50ClN7O15. The maximum absolute atomic E-state index is 13.0. The minimum atomic E-state index is -1.94. The number of aliphatic carboxylic acids is 1. The van der Waals surface area contributed by atoms with Gasteiger partial charge in [-0.25, -0.2) is 14.4 Å². The van der Waals surface area contributed by atoms with E-state index >= 15 is 0 Å². The number of likely N-dealkylation sites (N-methyl/N-ethyl adjacent to an activating group) is 1. The number of nitrogens with zero attached hydrogens (tertiary/aromatic N) is 2. The average Bonchev–Trinajstić information content (AvgIpc) is 3.61. The smallest absolute Gasteiger partial charge is 0.409 e. The number of carboxylic acids is 1. The fraction of sp³-hybridized carbons (Fsp3) is 0.419. The molecule has 3 aliphatic rings. The summed E-state index contributed by atoms with van der Waals surface area (Å²) in [7, 11) is 1.51. The monoisotopic (exact) mass is 939 g/mol. The normalized spacial score (nSPS) is 21.4. The standard InChI is InChI=1S/C43H50ClN7O15/c1-50(43(62)64-21-23-3-8-31(28(17-23)37(56)46-12-11-45)65-41-35(55)33(53)34(54)36(66-41)40(59)60)13-15-63-14-10-24-4-5-26(18-29(24)44)48-42(61)47-19-22-2-6-27-25(16-22)20-51(39(27)58)30-7-9-32(52)49-38(30)57/h2-6,8,16-18,30,33-36,41,53-55H,7,9-15,19-21,45H2,1H3,(H,46,56)(H,59,60)(H2,47,48,61)(H,49,52,57)/t30?,33?,34?,35?,36-,41?/m0/s1. The van der Waals surface area contributed by atoms with Crippen molar-refractivity contribution < 1.29 is 72.9 Å². The number of urea groups is 1. The van der Waals surface area contributed by atoms with Crippen molar-refractivity contribution in [1.29, 1.82) is 0 Å². The predicted molar refractivity (Wildman–Crippen MR) is 230 cm³/mol. The van der Waals surface area contributed by atoms with Crippen LogP contribution in [0.5, 0.6) is 5.75 Å². The second-order valence-corrected chi connectivity index (χ2v) is 16.0. The van der Waals surface area contributed by atoms with E-state index in [0.29, 0.717) is 28.3 Å². The summed E-state index contributed by atoms with van der Waals surface area (Å²) < 4.78 is 21.9. The first-order valence-electron chi connectivity index (χ1n) is 20.8. The van der Waals surface area contributed by atoms with Gasteiger partial charge in [0, 0.05) is 62.5 Å². The highest BCUT2D eigenvalue weighted by Gasteiger charge is 2.48. The Kier molecular flexibility index (Phi) is 16.5. The van der Waals surface area contributed by atoms with Crippen LogP contribution in [-0.4, -0.2) is 149 Å². The molecule has 0 saturated carbocycles. The minimum Gasteiger partial charge on any atom is -0.479 e. The van der Waals surface area contributed by atoms with Crippen LogP contribution >= 0.6 is 11.6 Å². The van der Waals surface area contributed by atoms with E-state index in [9.17, 15) is 54.0 Å². The highest BCUT2D eigenvalue weighted by atomic mass is 35.5. The molecule has 354 valence electrons. The zero-order chi connectivity index (χ0) is 47.7. The number of hydrogen-bond acceptors (Lipinski definition) is 15. The van der Waals surface area contributed by atoms with Crippen molar-refractivity contribution >= 4 is 59.0 Å². The molecule has 6 atom stereocenters. The molecule has 23 heteroatoms. The van der Waals surface area contributed by atoms with E-state index < -0.39 is 66.7 Å². The highest BCUT2D eigenvalue weighted by molar-refractivity contribution is 6.31. The van der Waals surface area contributed by atoms with Gasteiger partial charge in [-0.05, 0) is 65.4 Å². The topological polar surface area (TPSA) is 318 Å². The molecule has 2 fully saturated rings. The lowest BCUT2D eigenvalue weighted by atomic mass is 9.99. The molecule has 5 unspecified atom stereocenters. The number of hydrogen-bond donors (Lipinski definition) is 9. The third-order valence-electron chi connectivity index (χ3n) is 10.9. The molecule has 3 aromatic carbocycles. The van der Waals surface area contributed by atoms with Crippen LogP contribution in [0.15, 0.2) is 54.6 Å². The summed E-state index contributed by atoms with van der Waals surface area (Å²) >= 11 is 6.50. The number of aliphatic hydroxyl groups is 3. The molecule has 0 bridgehead atoms. The highest BCUT2D eigenvalue weighted by Crippen LogP contribution is 2.30. The Balaban J connectivity index is 0.910. The number of nitrogens with one attached hydrogen (secondary N) is 4. The second-order valence-electron chi connectivity index (χ2n) is 15.6. The van der Waals surface area contributed by atoms with Crippen LogP contribution in [0.2, 0.25) is 5.02 Å². The molecular weight excluding hydrogens is 890 g/mol. The number of carboxylic acid groups (broad SMARTS) is 1. The van der Waals surface area contributed by atoms with E-state index in [1.807, 2.05) is 0 Å². The third kappa shape index (κ3) is 12.1. The molecule has 0 spiro atoms. The van der Waals surface area contributed by atoms with Gasteiger partial charge in [-0.2, -0.15) is 0 Å². The van der Waals surface area contributed by atoms with Gasteiger partial charge in [-0.3, -0.25) is 24.5 Å². The summed E-state index contributed by atoms with van der Waals surface area (Å²) in [5.41, 5.74) is 8.91. The fourth-order valence-corrected chi connectivity index (χ4v) is 7.53. The van der Waals surface area contributed by atoms with Gasteiger partial charge in [0.05, 0.1) is 18.8 Å². The Morgan fingerprint density at radius 2 is 1.74 bits per heavy atom. The fourth-order valence-electron chi connectivity index (χ4n) is 7.26. The number of halogens is 1. The summed E-state index contributed by atoms with van der Waals surface area (Å²) in [6.07, 6.45) is -9.29. The maximum Gasteiger partial charge on any atom is 0.409 e. The number of benzene rings is 3. The van der Waals surface area contributed by atoms with Crippen molar-refractivity contribution in [2.75, 3.05) is 45.2 Å². The first kappa shape index (κ1) is 49.0. The first-order chi connectivity index (χ1) is 31.5. The van der Waals surface area contributed by atoms with E-state index in [1.54, 1.807) is 36.4 Å². The molecule has 3 aliphatic heterocycles. The number of imide groups is 1. The van der Waals surface area contributed by atoms with Gasteiger partial charge in [0.15, 0.2) is 6.10 Å². The van der Waals surface area contributed by atoms with Crippen LogP contribution in [0.4, 0.5) is 15.3 Å². The molecule has 7 amide bonds. The van der Waals surface area contributed by atoms with E-state index in [-0.39, 0.29) is 88.5 Å². The first-order valence-corrected chi connectivity index (χ1v) is 21.2. The second kappa shape index (κ2) is 22.2. The SMILES string of the molecule is CN(CCOCCc1ccc(NC(=O)NCc2ccc3c(c2)CN(C2CCC(=O)NC2=O)C3=O)cc1Cl)C(=O)OCc1ccc(OC2O[C@H](C(=O)O)C(O)C(O)C2O)c(C(=O)NCCN)c1. The predicted octanol–water partition coefficient (Wildman–Crippen LogP) is 0.210. The van der Waals surface area contributed by atoms with Gasteiger partial charge in [0.25, 0.3) is 11.8 Å². The summed E-state index contributed by atoms with van der Waals surface area (Å²) in [4.78, 5) is 89.6. The van der Waals surface area contributed by atoms with Crippen molar-refractivity contribution in [3.05, 3.63) is 93.0 Å². The number of rotatable bonds is 18. The maximum atomic E-state index is 13.0. The molecule has 0 radical (unpaired) electrons. The number of carbonyl (C=O) groups excluding carboxylic acids is 6. The molecule has 2 saturated heterocycles. The van der Waals surface area contributed by atoms with Crippen LogP contribution in [0.25, 0.3) is 0 Å². The van der Waals surface area contributed by atoms with Crippen LogP contribution in [0.1, 0.15) is 55.8 Å². The minimum absolute atomic E-state index is 0.0845. The Labute approximate surface area is 382 Å². The quantitative estimate of drug-likeness (QED) is 0.0608. The average molecular weight is 940 g/mol. The molecule has 0 aliphatic carbocycles. The number of anilines is 1. The molecule has 66 heavy (non-hydrogen) atoms. The lowest BCUT2D eigenvalue weighted by molar-refractivity contribution is -0.271. The van der Waals surface area contributed by atoms with Crippen molar-refractivity contribution in [1.82, 2.24) is 25.8 Å². The van der Waals surface area contributed by atoms with Crippen molar-refractivity contribution in [2.45, 2.75) is 75.7 Å². The van der Waals surface area contributed by atoms with Crippen molar-refractivity contribution in [2.24, 2.45) is 5.73 Å². The Morgan fingerprint density at radius 3 is 2.47 bits per heavy atom. The van der Waals surface area contributed by atoms with Crippen molar-refractivity contribution in [3.8, 4) is 5.75 Å². The largest absolute Gasteiger partial charge is 0.479 e. The van der Waals surface area contributed by atoms with Gasteiger partial charge in [-0.15, -0.1) is 0 Å². The van der Waals surface area contributed by atoms with Gasteiger partial charge in [0.2, 0.25) is 18.1 Å². The zero-order valence-electron chi connectivity index (χ0n) is 35.6. The summed E-state index contributed by atoms with van der Waals surface area (Å²) in [6, 6.07) is 13.1. The Bertz CT molecular complexity index is 2340. The van der Waals surface area contributed by atoms with Gasteiger partial charge < -0.3 is 70.9 Å². The number of aliphatic hydroxyl groups excluding tert-OH is 3. The van der Waals surface area contributed by atoms with Gasteiger partial charge in [0.1, 0.15) is 36.7 Å². The van der Waals surface area contributed by atoms with Crippen LogP contribution < -0.4 is 31.7 Å². The summed E-state index contributed by atoms with van der Waals surface area (Å²) in [5.74, 6) is -3.57. The summed E-state index contributed by atoms with van der Waals surface area (Å²) in [6.45, 7) is 0.880. The van der Waals surface area contributed by atoms with Crippen LogP contribution in [-0.2, 0) is 54.7 Å². The number of carbonyl (C=O) groups is 7. The van der Waals surface area contributed by atoms with E-state index in [1.165, 1.54) is 35.0 Å². The Hall–Kier alpha value is -6.40. The van der Waals surface area contributed by atoms with Crippen LogP contribution in [0, 0.1) is 0 Å². The number of amides is 7. The van der Waals surface area contributed by atoms with Crippen LogP contribution in [0.3, 0.4) is 0 Å². The summed E-state index contributed by atoms with van der Waals surface area (Å²) in [5, 5.41) is 50.7. The molecule has 3 aromatic rings. The molecule has 0 aromatic heterocycles. The molecule has 6 rings (SSSR count). The van der Waals surface area contributed by atoms with Gasteiger partial charge >= 0.3 is 18.1 Å². The number of fused-ring (bicyclic) bond motifs is 1. The lowest BCUT2D eigenvalue weighted by Gasteiger charge is -2.38. The lowest BCUT2D eigenvalue weighted by Crippen LogP contribution is -2.61. The Morgan fingerprint density at radius 1 is 0.970 bits per heavy atom. The number of nitrogens with two attached hydrogens (primary N) is 1. The van der Waals surface area contributed by atoms with E-state index in [2.05, 4.69) is 21.3 Å². The molecule has 3 heterocycles. The zero-order valence-corrected chi connectivity index (χ0v) is 36.3. The molecule has 22 nitrogen and oxygen atoms in total. The van der Waals surface area contributed by atoms with E-state index in [0.717, 1.165) is 16.7 Å². The number of piperidine rings is 1. The van der Waals surface area contributed by atoms with Gasteiger partial charge in [-0.1, -0.05) is 35.9 Å².